The largest absolute Gasteiger partial charge is 0.376 e. The Morgan fingerprint density at radius 1 is 1.50 bits per heavy atom. The minimum absolute atomic E-state index is 0. The SMILES string of the molecule is Cl.Nc1nc(C(=O)NCC2CCC3(CCNCC3)CO2)cs1. The van der Waals surface area contributed by atoms with Gasteiger partial charge in [-0.25, -0.2) is 4.98 Å². The number of nitrogens with zero attached hydrogens (tertiary/aromatic N) is 1. The van der Waals surface area contributed by atoms with Crippen molar-refractivity contribution in [2.75, 3.05) is 32.0 Å². The first kappa shape index (κ1) is 17.5. The summed E-state index contributed by atoms with van der Waals surface area (Å²) in [6, 6.07) is 0. The highest BCUT2D eigenvalue weighted by atomic mass is 35.5. The number of ether oxygens (including phenoxy) is 1. The quantitative estimate of drug-likeness (QED) is 0.770. The van der Waals surface area contributed by atoms with E-state index in [4.69, 9.17) is 10.5 Å². The molecule has 2 aliphatic rings. The van der Waals surface area contributed by atoms with Gasteiger partial charge in [0, 0.05) is 11.9 Å². The summed E-state index contributed by atoms with van der Waals surface area (Å²) in [6.07, 6.45) is 4.72. The summed E-state index contributed by atoms with van der Waals surface area (Å²) in [6.45, 7) is 3.55. The van der Waals surface area contributed by atoms with Gasteiger partial charge in [-0.05, 0) is 44.2 Å². The molecule has 0 bridgehead atoms. The molecule has 1 spiro atoms. The van der Waals surface area contributed by atoms with Gasteiger partial charge in [0.15, 0.2) is 5.13 Å². The third-order valence-corrected chi connectivity index (χ3v) is 5.20. The highest BCUT2D eigenvalue weighted by Gasteiger charge is 2.37. The van der Waals surface area contributed by atoms with E-state index in [1.807, 2.05) is 0 Å². The summed E-state index contributed by atoms with van der Waals surface area (Å²) in [5, 5.41) is 8.38. The maximum Gasteiger partial charge on any atom is 0.270 e. The maximum atomic E-state index is 11.9. The molecular formula is C14H23ClN4O2S. The van der Waals surface area contributed by atoms with E-state index in [-0.39, 0.29) is 24.4 Å². The molecule has 2 saturated heterocycles. The summed E-state index contributed by atoms with van der Waals surface area (Å²) in [7, 11) is 0. The highest BCUT2D eigenvalue weighted by Crippen LogP contribution is 2.38. The van der Waals surface area contributed by atoms with E-state index >= 15 is 0 Å². The average Bonchev–Trinajstić information content (AvgIpc) is 2.94. The van der Waals surface area contributed by atoms with E-state index in [0.29, 0.717) is 22.8 Å². The van der Waals surface area contributed by atoms with Crippen molar-refractivity contribution < 1.29 is 9.53 Å². The van der Waals surface area contributed by atoms with Crippen LogP contribution in [0.15, 0.2) is 5.38 Å². The van der Waals surface area contributed by atoms with Crippen molar-refractivity contribution >= 4 is 34.8 Å². The van der Waals surface area contributed by atoms with Gasteiger partial charge >= 0.3 is 0 Å². The van der Waals surface area contributed by atoms with Crippen LogP contribution >= 0.6 is 23.7 Å². The van der Waals surface area contributed by atoms with Gasteiger partial charge in [-0.15, -0.1) is 23.7 Å². The lowest BCUT2D eigenvalue weighted by Gasteiger charge is -2.43. The number of halogens is 1. The molecule has 22 heavy (non-hydrogen) atoms. The number of amides is 1. The number of carbonyl (C=O) groups excluding carboxylic acids is 1. The van der Waals surface area contributed by atoms with Crippen molar-refractivity contribution in [1.29, 1.82) is 0 Å². The molecule has 124 valence electrons. The van der Waals surface area contributed by atoms with Gasteiger partial charge < -0.3 is 21.1 Å². The second-order valence-corrected chi connectivity index (χ2v) is 6.89. The monoisotopic (exact) mass is 346 g/mol. The molecule has 2 fully saturated rings. The van der Waals surface area contributed by atoms with Crippen LogP contribution in [0.25, 0.3) is 0 Å². The zero-order valence-electron chi connectivity index (χ0n) is 12.5. The van der Waals surface area contributed by atoms with Crippen molar-refractivity contribution in [2.45, 2.75) is 31.8 Å². The van der Waals surface area contributed by atoms with E-state index in [2.05, 4.69) is 15.6 Å². The third kappa shape index (κ3) is 4.10. The first-order valence-corrected chi connectivity index (χ1v) is 8.36. The molecule has 6 nitrogen and oxygen atoms in total. The van der Waals surface area contributed by atoms with Gasteiger partial charge in [0.05, 0.1) is 12.7 Å². The van der Waals surface area contributed by atoms with Crippen LogP contribution in [-0.4, -0.2) is 43.2 Å². The Hall–Kier alpha value is -0.890. The first-order chi connectivity index (χ1) is 10.2. The highest BCUT2D eigenvalue weighted by molar-refractivity contribution is 7.13. The Labute approximate surface area is 140 Å². The molecule has 1 aromatic heterocycles. The Bertz CT molecular complexity index is 495. The Morgan fingerprint density at radius 2 is 2.27 bits per heavy atom. The number of hydrogen-bond donors (Lipinski definition) is 3. The van der Waals surface area contributed by atoms with Crippen LogP contribution in [0.2, 0.25) is 0 Å². The molecule has 1 atom stereocenters. The molecule has 0 aromatic carbocycles. The number of nitrogen functional groups attached to an aromatic ring is 1. The number of carbonyl (C=O) groups is 1. The molecule has 4 N–H and O–H groups in total. The number of piperidine rings is 1. The van der Waals surface area contributed by atoms with Crippen LogP contribution in [0.5, 0.6) is 0 Å². The van der Waals surface area contributed by atoms with E-state index in [9.17, 15) is 4.79 Å². The Kier molecular flexibility index (Phi) is 6.02. The van der Waals surface area contributed by atoms with Gasteiger partial charge in [-0.3, -0.25) is 4.79 Å². The topological polar surface area (TPSA) is 89.3 Å². The summed E-state index contributed by atoms with van der Waals surface area (Å²) in [5.41, 5.74) is 6.29. The van der Waals surface area contributed by atoms with Crippen molar-refractivity contribution in [1.82, 2.24) is 15.6 Å². The van der Waals surface area contributed by atoms with Crippen molar-refractivity contribution in [3.05, 3.63) is 11.1 Å². The van der Waals surface area contributed by atoms with Gasteiger partial charge in [-0.1, -0.05) is 0 Å². The molecule has 1 aromatic rings. The average molecular weight is 347 g/mol. The fourth-order valence-corrected chi connectivity index (χ4v) is 3.66. The van der Waals surface area contributed by atoms with Gasteiger partial charge in [0.1, 0.15) is 5.69 Å². The number of aromatic nitrogens is 1. The predicted molar refractivity (Wildman–Crippen MR) is 89.6 cm³/mol. The lowest BCUT2D eigenvalue weighted by molar-refractivity contribution is -0.0721. The van der Waals surface area contributed by atoms with Gasteiger partial charge in [0.2, 0.25) is 0 Å². The summed E-state index contributed by atoms with van der Waals surface area (Å²) < 4.78 is 5.98. The smallest absolute Gasteiger partial charge is 0.270 e. The molecule has 2 aliphatic heterocycles. The van der Waals surface area contributed by atoms with Crippen molar-refractivity contribution in [2.24, 2.45) is 5.41 Å². The van der Waals surface area contributed by atoms with Gasteiger partial charge in [0.25, 0.3) is 5.91 Å². The van der Waals surface area contributed by atoms with E-state index < -0.39 is 0 Å². The van der Waals surface area contributed by atoms with E-state index in [1.165, 1.54) is 30.6 Å². The van der Waals surface area contributed by atoms with E-state index in [0.717, 1.165) is 26.1 Å². The molecule has 1 unspecified atom stereocenters. The number of hydrogen-bond acceptors (Lipinski definition) is 6. The van der Waals surface area contributed by atoms with Crippen LogP contribution in [0.4, 0.5) is 5.13 Å². The first-order valence-electron chi connectivity index (χ1n) is 7.48. The van der Waals surface area contributed by atoms with Crippen LogP contribution in [0.1, 0.15) is 36.2 Å². The van der Waals surface area contributed by atoms with Crippen LogP contribution in [-0.2, 0) is 4.74 Å². The van der Waals surface area contributed by atoms with Crippen LogP contribution < -0.4 is 16.4 Å². The second kappa shape index (κ2) is 7.59. The molecule has 0 saturated carbocycles. The predicted octanol–water partition coefficient (Wildman–Crippen LogP) is 1.43. The summed E-state index contributed by atoms with van der Waals surface area (Å²) in [4.78, 5) is 15.9. The Morgan fingerprint density at radius 3 is 2.86 bits per heavy atom. The van der Waals surface area contributed by atoms with Crippen LogP contribution in [0.3, 0.4) is 0 Å². The molecule has 8 heteroatoms. The van der Waals surface area contributed by atoms with Crippen molar-refractivity contribution in [3.63, 3.8) is 0 Å². The molecule has 0 radical (unpaired) electrons. The number of anilines is 1. The molecular weight excluding hydrogens is 324 g/mol. The Balaban J connectivity index is 0.00000176. The zero-order chi connectivity index (χ0) is 14.7. The number of thiazole rings is 1. The summed E-state index contributed by atoms with van der Waals surface area (Å²) >= 11 is 1.28. The lowest BCUT2D eigenvalue weighted by atomic mass is 9.74. The number of nitrogens with one attached hydrogen (secondary N) is 2. The van der Waals surface area contributed by atoms with Gasteiger partial charge in [-0.2, -0.15) is 0 Å². The minimum atomic E-state index is -0.172. The second-order valence-electron chi connectivity index (χ2n) is 6.00. The molecule has 3 heterocycles. The molecule has 1 amide bonds. The zero-order valence-corrected chi connectivity index (χ0v) is 14.1. The molecule has 0 aliphatic carbocycles. The number of rotatable bonds is 3. The number of nitrogens with two attached hydrogens (primary N) is 1. The fourth-order valence-electron chi connectivity index (χ4n) is 3.12. The molecule has 3 rings (SSSR count). The fraction of sp³-hybridized carbons (Fsp3) is 0.714. The minimum Gasteiger partial charge on any atom is -0.376 e. The maximum absolute atomic E-state index is 11.9. The third-order valence-electron chi connectivity index (χ3n) is 4.53. The van der Waals surface area contributed by atoms with Crippen molar-refractivity contribution in [3.8, 4) is 0 Å². The normalized spacial score (nSPS) is 23.7. The van der Waals surface area contributed by atoms with E-state index in [1.54, 1.807) is 5.38 Å². The summed E-state index contributed by atoms with van der Waals surface area (Å²) in [5.74, 6) is -0.172. The lowest BCUT2D eigenvalue weighted by Crippen LogP contribution is -2.46. The van der Waals surface area contributed by atoms with Crippen LogP contribution in [0, 0.1) is 5.41 Å². The standard InChI is InChI=1S/C14H22N4O2S.ClH/c15-13-18-11(8-21-13)12(19)17-7-10-1-2-14(9-20-10)3-5-16-6-4-14;/h8,10,16H,1-7,9H2,(H2,15,18)(H,17,19);1H.